The van der Waals surface area contributed by atoms with Crippen LogP contribution in [-0.2, 0) is 4.79 Å². The monoisotopic (exact) mass is 237 g/mol. The molecule has 0 bridgehead atoms. The molecule has 1 heterocycles. The number of carbonyl (C=O) groups is 1. The summed E-state index contributed by atoms with van der Waals surface area (Å²) in [6.45, 7) is 10.4. The minimum absolute atomic E-state index is 0.331. The first kappa shape index (κ1) is 12.9. The van der Waals surface area contributed by atoms with Gasteiger partial charge in [-0.15, -0.1) is 0 Å². The van der Waals surface area contributed by atoms with Crippen LogP contribution in [0.3, 0.4) is 0 Å². The van der Waals surface area contributed by atoms with Crippen LogP contribution in [-0.4, -0.2) is 23.4 Å². The fourth-order valence-corrected chi connectivity index (χ4v) is 3.30. The lowest BCUT2D eigenvalue weighted by atomic mass is 9.67. The van der Waals surface area contributed by atoms with E-state index < -0.39 is 0 Å². The van der Waals surface area contributed by atoms with Crippen LogP contribution in [0.4, 0.5) is 0 Å². The van der Waals surface area contributed by atoms with E-state index in [9.17, 15) is 4.79 Å². The highest BCUT2D eigenvalue weighted by molar-refractivity contribution is 5.77. The van der Waals surface area contributed by atoms with E-state index in [1.807, 2.05) is 0 Å². The molecular weight excluding hydrogens is 210 g/mol. The Kier molecular flexibility index (Phi) is 3.51. The Balaban J connectivity index is 2.07. The van der Waals surface area contributed by atoms with Crippen molar-refractivity contribution in [2.75, 3.05) is 6.54 Å². The molecule has 0 aromatic rings. The summed E-state index contributed by atoms with van der Waals surface area (Å²) in [6, 6.07) is 0.571. The molecule has 0 aromatic carbocycles. The van der Waals surface area contributed by atoms with E-state index in [0.29, 0.717) is 29.2 Å². The molecule has 0 aromatic heterocycles. The van der Waals surface area contributed by atoms with Crippen molar-refractivity contribution in [2.45, 2.75) is 65.8 Å². The molecule has 0 N–H and O–H groups in total. The van der Waals surface area contributed by atoms with Crippen LogP contribution >= 0.6 is 0 Å². The highest BCUT2D eigenvalue weighted by atomic mass is 16.2. The summed E-state index contributed by atoms with van der Waals surface area (Å²) in [5, 5.41) is 0. The van der Waals surface area contributed by atoms with Gasteiger partial charge in [0, 0.05) is 19.0 Å². The Labute approximate surface area is 106 Å². The van der Waals surface area contributed by atoms with Crippen LogP contribution in [0.1, 0.15) is 59.8 Å². The summed E-state index contributed by atoms with van der Waals surface area (Å²) in [5.41, 5.74) is 0.331. The molecule has 1 aliphatic carbocycles. The number of hydrogen-bond acceptors (Lipinski definition) is 1. The highest BCUT2D eigenvalue weighted by Crippen LogP contribution is 2.42. The summed E-state index contributed by atoms with van der Waals surface area (Å²) in [4.78, 5) is 14.2. The van der Waals surface area contributed by atoms with Gasteiger partial charge in [-0.2, -0.15) is 0 Å². The van der Waals surface area contributed by atoms with Crippen molar-refractivity contribution in [3.63, 3.8) is 0 Å². The second-order valence-corrected chi connectivity index (χ2v) is 6.79. The average molecular weight is 237 g/mol. The third kappa shape index (κ3) is 2.36. The molecule has 1 aliphatic heterocycles. The molecule has 1 amide bonds. The number of amides is 1. The Morgan fingerprint density at radius 1 is 1.29 bits per heavy atom. The van der Waals surface area contributed by atoms with E-state index >= 15 is 0 Å². The van der Waals surface area contributed by atoms with E-state index in [0.717, 1.165) is 19.4 Å². The van der Waals surface area contributed by atoms with Crippen molar-refractivity contribution >= 4 is 5.91 Å². The zero-order chi connectivity index (χ0) is 12.6. The van der Waals surface area contributed by atoms with E-state index in [2.05, 4.69) is 32.6 Å². The molecule has 1 saturated carbocycles. The fourth-order valence-electron chi connectivity index (χ4n) is 3.30. The highest BCUT2D eigenvalue weighted by Gasteiger charge is 2.42. The fraction of sp³-hybridized carbons (Fsp3) is 0.933. The number of nitrogens with zero attached hydrogens (tertiary/aromatic N) is 1. The zero-order valence-corrected chi connectivity index (χ0v) is 11.8. The third-order valence-electron chi connectivity index (χ3n) is 5.38. The number of rotatable bonds is 3. The topological polar surface area (TPSA) is 20.3 Å². The maximum Gasteiger partial charge on any atom is 0.222 e. The summed E-state index contributed by atoms with van der Waals surface area (Å²) in [6.07, 6.45) is 5.62. The van der Waals surface area contributed by atoms with Gasteiger partial charge in [0.15, 0.2) is 0 Å². The molecule has 2 unspecified atom stereocenters. The minimum atomic E-state index is 0.331. The van der Waals surface area contributed by atoms with Crippen LogP contribution in [0.5, 0.6) is 0 Å². The maximum atomic E-state index is 12.0. The van der Waals surface area contributed by atoms with Crippen LogP contribution < -0.4 is 0 Å². The molecule has 2 fully saturated rings. The van der Waals surface area contributed by atoms with Gasteiger partial charge in [0.25, 0.3) is 0 Å². The van der Waals surface area contributed by atoms with Gasteiger partial charge >= 0.3 is 0 Å². The van der Waals surface area contributed by atoms with Crippen LogP contribution in [0.2, 0.25) is 0 Å². The van der Waals surface area contributed by atoms with Gasteiger partial charge < -0.3 is 4.90 Å². The van der Waals surface area contributed by atoms with Gasteiger partial charge in [-0.05, 0) is 42.9 Å². The second-order valence-electron chi connectivity index (χ2n) is 6.79. The zero-order valence-electron chi connectivity index (χ0n) is 11.8. The van der Waals surface area contributed by atoms with Gasteiger partial charge in [0.1, 0.15) is 0 Å². The van der Waals surface area contributed by atoms with Gasteiger partial charge in [0.05, 0.1) is 0 Å². The largest absolute Gasteiger partial charge is 0.339 e. The van der Waals surface area contributed by atoms with E-state index in [1.54, 1.807) is 0 Å². The number of likely N-dealkylation sites (tertiary alicyclic amines) is 1. The summed E-state index contributed by atoms with van der Waals surface area (Å²) < 4.78 is 0. The summed E-state index contributed by atoms with van der Waals surface area (Å²) in [5.74, 6) is 1.80. The Bertz CT molecular complexity index is 295. The summed E-state index contributed by atoms with van der Waals surface area (Å²) >= 11 is 0. The lowest BCUT2D eigenvalue weighted by Crippen LogP contribution is -2.54. The normalized spacial score (nSPS) is 32.8. The van der Waals surface area contributed by atoms with Crippen molar-refractivity contribution in [1.82, 2.24) is 4.90 Å². The standard InChI is InChI=1S/C15H27NO/c1-11(2)12(3)15(4)9-8-14(17)16(10-15)13-6-5-7-13/h11-13H,5-10H2,1-4H3. The first-order valence-electron chi connectivity index (χ1n) is 7.23. The molecule has 1 saturated heterocycles. The molecule has 98 valence electrons. The Hall–Kier alpha value is -0.530. The van der Waals surface area contributed by atoms with Crippen LogP contribution in [0.25, 0.3) is 0 Å². The van der Waals surface area contributed by atoms with E-state index in [4.69, 9.17) is 0 Å². The lowest BCUT2D eigenvalue weighted by Gasteiger charge is -2.49. The van der Waals surface area contributed by atoms with Crippen molar-refractivity contribution in [1.29, 1.82) is 0 Å². The first-order chi connectivity index (χ1) is 7.94. The minimum Gasteiger partial charge on any atom is -0.339 e. The molecule has 2 atom stereocenters. The van der Waals surface area contributed by atoms with Crippen molar-refractivity contribution in [3.8, 4) is 0 Å². The maximum absolute atomic E-state index is 12.0. The van der Waals surface area contributed by atoms with Crippen molar-refractivity contribution < 1.29 is 4.79 Å². The van der Waals surface area contributed by atoms with E-state index in [1.165, 1.54) is 19.3 Å². The average Bonchev–Trinajstić information content (AvgIpc) is 2.20. The SMILES string of the molecule is CC(C)C(C)C1(C)CCC(=O)N(C2CCC2)C1. The Morgan fingerprint density at radius 2 is 1.94 bits per heavy atom. The second kappa shape index (κ2) is 4.62. The molecule has 2 nitrogen and oxygen atoms in total. The predicted molar refractivity (Wildman–Crippen MR) is 70.7 cm³/mol. The van der Waals surface area contributed by atoms with Gasteiger partial charge in [-0.3, -0.25) is 4.79 Å². The molecule has 17 heavy (non-hydrogen) atoms. The van der Waals surface area contributed by atoms with Gasteiger partial charge in [-0.25, -0.2) is 0 Å². The number of hydrogen-bond donors (Lipinski definition) is 0. The summed E-state index contributed by atoms with van der Waals surface area (Å²) in [7, 11) is 0. The Morgan fingerprint density at radius 3 is 2.41 bits per heavy atom. The first-order valence-corrected chi connectivity index (χ1v) is 7.23. The van der Waals surface area contributed by atoms with Crippen molar-refractivity contribution in [3.05, 3.63) is 0 Å². The predicted octanol–water partition coefficient (Wildman–Crippen LogP) is 3.46. The van der Waals surface area contributed by atoms with Gasteiger partial charge in [0.2, 0.25) is 5.91 Å². The van der Waals surface area contributed by atoms with Gasteiger partial charge in [-0.1, -0.05) is 27.7 Å². The molecule has 2 aliphatic rings. The third-order valence-corrected chi connectivity index (χ3v) is 5.38. The molecule has 0 radical (unpaired) electrons. The quantitative estimate of drug-likeness (QED) is 0.736. The van der Waals surface area contributed by atoms with Crippen LogP contribution in [0, 0.1) is 17.3 Å². The number of carbonyl (C=O) groups excluding carboxylic acids is 1. The molecular formula is C15H27NO. The van der Waals surface area contributed by atoms with Crippen molar-refractivity contribution in [2.24, 2.45) is 17.3 Å². The smallest absolute Gasteiger partial charge is 0.222 e. The number of piperidine rings is 1. The molecule has 2 heteroatoms. The molecule has 0 spiro atoms. The van der Waals surface area contributed by atoms with Crippen LogP contribution in [0.15, 0.2) is 0 Å². The van der Waals surface area contributed by atoms with E-state index in [-0.39, 0.29) is 0 Å². The lowest BCUT2D eigenvalue weighted by molar-refractivity contribution is -0.144. The molecule has 2 rings (SSSR count).